The van der Waals surface area contributed by atoms with Crippen LogP contribution in [0.1, 0.15) is 24.1 Å². The molecular formula is C14H14BrFN2. The van der Waals surface area contributed by atoms with E-state index in [-0.39, 0.29) is 5.82 Å². The number of aryl methyl sites for hydroxylation is 1. The monoisotopic (exact) mass is 308 g/mol. The van der Waals surface area contributed by atoms with Gasteiger partial charge in [0.1, 0.15) is 5.52 Å². The zero-order valence-corrected chi connectivity index (χ0v) is 11.8. The molecule has 0 bridgehead atoms. The van der Waals surface area contributed by atoms with Crippen LogP contribution in [0.2, 0.25) is 0 Å². The van der Waals surface area contributed by atoms with E-state index in [1.807, 2.05) is 13.1 Å². The third-order valence-electron chi connectivity index (χ3n) is 3.53. The first kappa shape index (κ1) is 11.9. The van der Waals surface area contributed by atoms with Crippen molar-refractivity contribution in [1.29, 1.82) is 0 Å². The molecule has 1 heterocycles. The number of benzene rings is 1. The highest BCUT2D eigenvalue weighted by atomic mass is 79.9. The van der Waals surface area contributed by atoms with Crippen molar-refractivity contribution in [2.45, 2.75) is 25.7 Å². The molecule has 0 fully saturated rings. The minimum atomic E-state index is -0.260. The second-order valence-electron chi connectivity index (χ2n) is 4.65. The Bertz CT molecular complexity index is 625. The average Bonchev–Trinajstić information content (AvgIpc) is 2.36. The van der Waals surface area contributed by atoms with E-state index in [0.29, 0.717) is 5.52 Å². The summed E-state index contributed by atoms with van der Waals surface area (Å²) in [6, 6.07) is 3.41. The fraction of sp³-hybridized carbons (Fsp3) is 0.357. The quantitative estimate of drug-likeness (QED) is 0.859. The van der Waals surface area contributed by atoms with Gasteiger partial charge in [0.15, 0.2) is 5.82 Å². The lowest BCUT2D eigenvalue weighted by Crippen LogP contribution is -2.10. The minimum absolute atomic E-state index is 0.260. The van der Waals surface area contributed by atoms with Gasteiger partial charge in [-0.25, -0.2) is 9.37 Å². The van der Waals surface area contributed by atoms with Gasteiger partial charge in [0.05, 0.1) is 0 Å². The minimum Gasteiger partial charge on any atom is -0.387 e. The molecule has 0 radical (unpaired) electrons. The molecule has 94 valence electrons. The molecule has 0 unspecified atom stereocenters. The normalized spacial score (nSPS) is 14.6. The summed E-state index contributed by atoms with van der Waals surface area (Å²) in [5.41, 5.74) is 3.83. The summed E-state index contributed by atoms with van der Waals surface area (Å²) in [4.78, 5) is 4.53. The van der Waals surface area contributed by atoms with E-state index in [0.717, 1.165) is 40.5 Å². The molecule has 1 aromatic carbocycles. The largest absolute Gasteiger partial charge is 0.387 e. The summed E-state index contributed by atoms with van der Waals surface area (Å²) in [5.74, 6) is -0.260. The van der Waals surface area contributed by atoms with E-state index in [1.54, 1.807) is 0 Å². The molecule has 1 aliphatic rings. The van der Waals surface area contributed by atoms with Gasteiger partial charge in [0.2, 0.25) is 0 Å². The van der Waals surface area contributed by atoms with Crippen molar-refractivity contribution in [3.63, 3.8) is 0 Å². The zero-order valence-electron chi connectivity index (χ0n) is 10.2. The van der Waals surface area contributed by atoms with Crippen LogP contribution in [0.15, 0.2) is 16.6 Å². The maximum absolute atomic E-state index is 14.0. The third-order valence-corrected chi connectivity index (χ3v) is 3.99. The van der Waals surface area contributed by atoms with Crippen LogP contribution in [0.5, 0.6) is 0 Å². The van der Waals surface area contributed by atoms with Crippen LogP contribution < -0.4 is 5.32 Å². The van der Waals surface area contributed by atoms with Gasteiger partial charge in [-0.1, -0.05) is 15.9 Å². The Morgan fingerprint density at radius 3 is 2.83 bits per heavy atom. The van der Waals surface area contributed by atoms with Crippen molar-refractivity contribution in [3.8, 4) is 0 Å². The SMILES string of the molecule is CNc1c2c(nc3c(F)cc(Br)cc13)CCCC2. The van der Waals surface area contributed by atoms with E-state index in [2.05, 4.69) is 26.2 Å². The molecule has 0 atom stereocenters. The van der Waals surface area contributed by atoms with Crippen molar-refractivity contribution in [1.82, 2.24) is 4.98 Å². The highest BCUT2D eigenvalue weighted by molar-refractivity contribution is 9.10. The second-order valence-corrected chi connectivity index (χ2v) is 5.57. The van der Waals surface area contributed by atoms with E-state index in [4.69, 9.17) is 0 Å². The Hall–Kier alpha value is -1.16. The van der Waals surface area contributed by atoms with Gasteiger partial charge in [-0.2, -0.15) is 0 Å². The number of rotatable bonds is 1. The van der Waals surface area contributed by atoms with Crippen molar-refractivity contribution in [2.24, 2.45) is 0 Å². The first-order valence-electron chi connectivity index (χ1n) is 6.19. The van der Waals surface area contributed by atoms with E-state index in [1.165, 1.54) is 18.1 Å². The number of nitrogens with one attached hydrogen (secondary N) is 1. The summed E-state index contributed by atoms with van der Waals surface area (Å²) in [5, 5.41) is 4.09. The summed E-state index contributed by atoms with van der Waals surface area (Å²) < 4.78 is 14.8. The molecule has 1 aromatic heterocycles. The average molecular weight is 309 g/mol. The van der Waals surface area contributed by atoms with Crippen LogP contribution in [-0.4, -0.2) is 12.0 Å². The number of hydrogen-bond donors (Lipinski definition) is 1. The number of anilines is 1. The van der Waals surface area contributed by atoms with E-state index < -0.39 is 0 Å². The van der Waals surface area contributed by atoms with Gasteiger partial charge in [-0.05, 0) is 43.4 Å². The standard InChI is InChI=1S/C14H14BrFN2/c1-17-13-9-4-2-3-5-12(9)18-14-10(13)6-8(15)7-11(14)16/h6-7H,2-5H2,1H3,(H,17,18). The summed E-state index contributed by atoms with van der Waals surface area (Å²) >= 11 is 3.35. The van der Waals surface area contributed by atoms with Gasteiger partial charge in [-0.15, -0.1) is 0 Å². The first-order valence-corrected chi connectivity index (χ1v) is 6.98. The van der Waals surface area contributed by atoms with E-state index in [9.17, 15) is 4.39 Å². The number of hydrogen-bond acceptors (Lipinski definition) is 2. The number of aromatic nitrogens is 1. The van der Waals surface area contributed by atoms with Crippen LogP contribution in [0.4, 0.5) is 10.1 Å². The lowest BCUT2D eigenvalue weighted by molar-refractivity contribution is 0.631. The molecule has 18 heavy (non-hydrogen) atoms. The summed E-state index contributed by atoms with van der Waals surface area (Å²) in [7, 11) is 1.89. The maximum atomic E-state index is 14.0. The van der Waals surface area contributed by atoms with Crippen molar-refractivity contribution in [3.05, 3.63) is 33.7 Å². The zero-order chi connectivity index (χ0) is 12.7. The number of pyridine rings is 1. The van der Waals surface area contributed by atoms with Gasteiger partial charge >= 0.3 is 0 Å². The molecule has 2 nitrogen and oxygen atoms in total. The Morgan fingerprint density at radius 2 is 2.06 bits per heavy atom. The molecule has 0 saturated carbocycles. The molecule has 0 saturated heterocycles. The molecule has 3 rings (SSSR count). The van der Waals surface area contributed by atoms with Crippen LogP contribution in [0.3, 0.4) is 0 Å². The fourth-order valence-electron chi connectivity index (χ4n) is 2.74. The number of nitrogens with zero attached hydrogens (tertiary/aromatic N) is 1. The van der Waals surface area contributed by atoms with Gasteiger partial charge in [0.25, 0.3) is 0 Å². The molecule has 1 aliphatic carbocycles. The second kappa shape index (κ2) is 4.50. The van der Waals surface area contributed by atoms with Crippen LogP contribution >= 0.6 is 15.9 Å². The maximum Gasteiger partial charge on any atom is 0.150 e. The van der Waals surface area contributed by atoms with Gasteiger partial charge < -0.3 is 5.32 Å². The highest BCUT2D eigenvalue weighted by Gasteiger charge is 2.19. The predicted octanol–water partition coefficient (Wildman–Crippen LogP) is 4.06. The lowest BCUT2D eigenvalue weighted by atomic mass is 9.92. The highest BCUT2D eigenvalue weighted by Crippen LogP contribution is 2.35. The van der Waals surface area contributed by atoms with Crippen molar-refractivity contribution >= 4 is 32.5 Å². The molecular weight excluding hydrogens is 295 g/mol. The van der Waals surface area contributed by atoms with Crippen LogP contribution in [-0.2, 0) is 12.8 Å². The third kappa shape index (κ3) is 1.79. The Labute approximate surface area is 114 Å². The molecule has 0 spiro atoms. The first-order chi connectivity index (χ1) is 8.70. The fourth-order valence-corrected chi connectivity index (χ4v) is 3.17. The Kier molecular flexibility index (Phi) is 2.98. The van der Waals surface area contributed by atoms with Crippen LogP contribution in [0.25, 0.3) is 10.9 Å². The van der Waals surface area contributed by atoms with Gasteiger partial charge in [0, 0.05) is 28.3 Å². The molecule has 4 heteroatoms. The molecule has 0 aliphatic heterocycles. The molecule has 0 amide bonds. The van der Waals surface area contributed by atoms with E-state index >= 15 is 0 Å². The lowest BCUT2D eigenvalue weighted by Gasteiger charge is -2.20. The Balaban J connectivity index is 2.40. The molecule has 1 N–H and O–H groups in total. The smallest absolute Gasteiger partial charge is 0.150 e. The predicted molar refractivity (Wildman–Crippen MR) is 75.6 cm³/mol. The number of fused-ring (bicyclic) bond motifs is 2. The Morgan fingerprint density at radius 1 is 1.28 bits per heavy atom. The summed E-state index contributed by atoms with van der Waals surface area (Å²) in [6.07, 6.45) is 4.32. The van der Waals surface area contributed by atoms with Crippen molar-refractivity contribution < 1.29 is 4.39 Å². The number of halogens is 2. The topological polar surface area (TPSA) is 24.9 Å². The van der Waals surface area contributed by atoms with Gasteiger partial charge in [-0.3, -0.25) is 0 Å². The van der Waals surface area contributed by atoms with Crippen LogP contribution in [0, 0.1) is 5.82 Å². The summed E-state index contributed by atoms with van der Waals surface area (Å²) in [6.45, 7) is 0. The van der Waals surface area contributed by atoms with Crippen molar-refractivity contribution in [2.75, 3.05) is 12.4 Å². The molecule has 2 aromatic rings.